The van der Waals surface area contributed by atoms with Crippen molar-refractivity contribution in [3.8, 4) is 5.75 Å². The van der Waals surface area contributed by atoms with Gasteiger partial charge in [0.25, 0.3) is 0 Å². The van der Waals surface area contributed by atoms with Crippen molar-refractivity contribution in [1.29, 1.82) is 0 Å². The number of nitrogens with zero attached hydrogens (tertiary/aromatic N) is 1. The third kappa shape index (κ3) is 3.87. The summed E-state index contributed by atoms with van der Waals surface area (Å²) in [6, 6.07) is 2.79. The molecule has 2 rings (SSSR count). The van der Waals surface area contributed by atoms with Crippen molar-refractivity contribution in [2.24, 2.45) is 0 Å². The van der Waals surface area contributed by atoms with Crippen LogP contribution in [0.2, 0.25) is 15.1 Å². The summed E-state index contributed by atoms with van der Waals surface area (Å²) in [5.74, 6) is -1.20. The molecule has 1 aromatic rings. The zero-order valence-electron chi connectivity index (χ0n) is 10.7. The number of amides is 2. The number of halogens is 3. The van der Waals surface area contributed by atoms with Crippen LogP contribution in [0.4, 0.5) is 0 Å². The standard InChI is InChI=1S/C13H10Cl3NO4/c14-7-5-8(15)13(9(16)6-7)21-12(20)3-4-17-10(18)1-2-11(17)19/h5-6H,1-4H2. The smallest absolute Gasteiger partial charge is 0.313 e. The number of esters is 1. The molecular formula is C13H10Cl3NO4. The van der Waals surface area contributed by atoms with E-state index in [1.807, 2.05) is 0 Å². The van der Waals surface area contributed by atoms with E-state index in [0.29, 0.717) is 5.02 Å². The second kappa shape index (κ2) is 6.64. The van der Waals surface area contributed by atoms with E-state index in [4.69, 9.17) is 39.5 Å². The SMILES string of the molecule is O=C(CCN1C(=O)CCC1=O)Oc1c(Cl)cc(Cl)cc1Cl. The molecule has 5 nitrogen and oxygen atoms in total. The minimum atomic E-state index is -0.645. The predicted octanol–water partition coefficient (Wildman–Crippen LogP) is 3.09. The van der Waals surface area contributed by atoms with E-state index in [-0.39, 0.29) is 53.4 Å². The van der Waals surface area contributed by atoms with Crippen molar-refractivity contribution in [3.63, 3.8) is 0 Å². The fourth-order valence-corrected chi connectivity index (χ4v) is 2.76. The Labute approximate surface area is 135 Å². The number of carbonyl (C=O) groups is 3. The summed E-state index contributed by atoms with van der Waals surface area (Å²) in [7, 11) is 0. The Bertz CT molecular complexity index is 578. The average molecular weight is 351 g/mol. The van der Waals surface area contributed by atoms with Crippen molar-refractivity contribution in [1.82, 2.24) is 4.90 Å². The number of rotatable bonds is 4. The number of imide groups is 1. The number of hydrogen-bond acceptors (Lipinski definition) is 4. The number of benzene rings is 1. The number of carbonyl (C=O) groups excluding carboxylic acids is 3. The minimum Gasteiger partial charge on any atom is -0.423 e. The highest BCUT2D eigenvalue weighted by Gasteiger charge is 2.29. The van der Waals surface area contributed by atoms with Crippen molar-refractivity contribution in [2.45, 2.75) is 19.3 Å². The topological polar surface area (TPSA) is 63.7 Å². The molecular weight excluding hydrogens is 341 g/mol. The highest BCUT2D eigenvalue weighted by molar-refractivity contribution is 6.40. The zero-order valence-corrected chi connectivity index (χ0v) is 13.0. The quantitative estimate of drug-likeness (QED) is 0.475. The Morgan fingerprint density at radius 1 is 1.10 bits per heavy atom. The van der Waals surface area contributed by atoms with E-state index in [1.165, 1.54) is 12.1 Å². The van der Waals surface area contributed by atoms with Crippen LogP contribution in [0, 0.1) is 0 Å². The maximum Gasteiger partial charge on any atom is 0.313 e. The van der Waals surface area contributed by atoms with Gasteiger partial charge in [-0.25, -0.2) is 0 Å². The minimum absolute atomic E-state index is 0.00630. The van der Waals surface area contributed by atoms with Crippen molar-refractivity contribution in [2.75, 3.05) is 6.54 Å². The van der Waals surface area contributed by atoms with Gasteiger partial charge in [-0.05, 0) is 12.1 Å². The third-order valence-corrected chi connectivity index (χ3v) is 3.65. The number of ether oxygens (including phenoxy) is 1. The second-order valence-electron chi connectivity index (χ2n) is 4.36. The maximum atomic E-state index is 11.8. The Morgan fingerprint density at radius 3 is 2.14 bits per heavy atom. The molecule has 1 aliphatic heterocycles. The van der Waals surface area contributed by atoms with Gasteiger partial charge in [0.1, 0.15) is 0 Å². The van der Waals surface area contributed by atoms with Crippen LogP contribution < -0.4 is 4.74 Å². The lowest BCUT2D eigenvalue weighted by Gasteiger charge is -2.13. The third-order valence-electron chi connectivity index (χ3n) is 2.87. The molecule has 1 aliphatic rings. The lowest BCUT2D eigenvalue weighted by Crippen LogP contribution is -2.32. The zero-order chi connectivity index (χ0) is 15.6. The molecule has 0 atom stereocenters. The molecule has 0 aliphatic carbocycles. The van der Waals surface area contributed by atoms with Gasteiger partial charge in [-0.15, -0.1) is 0 Å². The lowest BCUT2D eigenvalue weighted by molar-refractivity contribution is -0.140. The first-order chi connectivity index (χ1) is 9.88. The van der Waals surface area contributed by atoms with Crippen LogP contribution in [0.15, 0.2) is 12.1 Å². The Kier molecular flexibility index (Phi) is 5.08. The molecule has 1 fully saturated rings. The van der Waals surface area contributed by atoms with Crippen LogP contribution in [0.5, 0.6) is 5.75 Å². The normalized spacial score (nSPS) is 14.7. The van der Waals surface area contributed by atoms with Gasteiger partial charge in [-0.1, -0.05) is 34.8 Å². The van der Waals surface area contributed by atoms with Crippen molar-refractivity contribution >= 4 is 52.6 Å². The van der Waals surface area contributed by atoms with E-state index < -0.39 is 5.97 Å². The molecule has 8 heteroatoms. The van der Waals surface area contributed by atoms with Crippen LogP contribution in [0.1, 0.15) is 19.3 Å². The van der Waals surface area contributed by atoms with Crippen LogP contribution in [0.25, 0.3) is 0 Å². The molecule has 0 saturated carbocycles. The summed E-state index contributed by atoms with van der Waals surface area (Å²) >= 11 is 17.5. The summed E-state index contributed by atoms with van der Waals surface area (Å²) in [6.45, 7) is -0.0146. The van der Waals surface area contributed by atoms with Gasteiger partial charge in [0.05, 0.1) is 16.5 Å². The molecule has 21 heavy (non-hydrogen) atoms. The highest BCUT2D eigenvalue weighted by Crippen LogP contribution is 2.36. The van der Waals surface area contributed by atoms with Crippen LogP contribution >= 0.6 is 34.8 Å². The molecule has 1 aromatic carbocycles. The molecule has 2 amide bonds. The largest absolute Gasteiger partial charge is 0.423 e. The number of likely N-dealkylation sites (tertiary alicyclic amines) is 1. The summed E-state index contributed by atoms with van der Waals surface area (Å²) in [5, 5.41) is 0.529. The molecule has 1 saturated heterocycles. The van der Waals surface area contributed by atoms with Gasteiger partial charge in [-0.2, -0.15) is 0 Å². The Morgan fingerprint density at radius 2 is 1.62 bits per heavy atom. The molecule has 112 valence electrons. The average Bonchev–Trinajstić information content (AvgIpc) is 2.71. The first kappa shape index (κ1) is 16.1. The predicted molar refractivity (Wildman–Crippen MR) is 77.7 cm³/mol. The monoisotopic (exact) mass is 349 g/mol. The first-order valence-electron chi connectivity index (χ1n) is 6.07. The molecule has 0 radical (unpaired) electrons. The Hall–Kier alpha value is -1.30. The van der Waals surface area contributed by atoms with E-state index in [1.54, 1.807) is 0 Å². The van der Waals surface area contributed by atoms with Crippen LogP contribution in [0.3, 0.4) is 0 Å². The fraction of sp³-hybridized carbons (Fsp3) is 0.308. The molecule has 0 N–H and O–H groups in total. The van der Waals surface area contributed by atoms with Crippen LogP contribution in [-0.4, -0.2) is 29.2 Å². The van der Waals surface area contributed by atoms with Crippen molar-refractivity contribution in [3.05, 3.63) is 27.2 Å². The fourth-order valence-electron chi connectivity index (χ4n) is 1.87. The first-order valence-corrected chi connectivity index (χ1v) is 7.20. The van der Waals surface area contributed by atoms with Gasteiger partial charge >= 0.3 is 5.97 Å². The van der Waals surface area contributed by atoms with Crippen molar-refractivity contribution < 1.29 is 19.1 Å². The molecule has 1 heterocycles. The van der Waals surface area contributed by atoms with Gasteiger partial charge in [0.15, 0.2) is 5.75 Å². The van der Waals surface area contributed by atoms with E-state index in [2.05, 4.69) is 0 Å². The molecule has 0 spiro atoms. The van der Waals surface area contributed by atoms with Gasteiger partial charge in [0.2, 0.25) is 11.8 Å². The lowest BCUT2D eigenvalue weighted by atomic mass is 10.3. The van der Waals surface area contributed by atoms with E-state index in [0.717, 1.165) is 4.90 Å². The van der Waals surface area contributed by atoms with Gasteiger partial charge in [0, 0.05) is 24.4 Å². The second-order valence-corrected chi connectivity index (χ2v) is 5.61. The number of hydrogen-bond donors (Lipinski definition) is 0. The van der Waals surface area contributed by atoms with Crippen LogP contribution in [-0.2, 0) is 14.4 Å². The van der Waals surface area contributed by atoms with Gasteiger partial charge < -0.3 is 4.74 Å². The maximum absolute atomic E-state index is 11.8. The summed E-state index contributed by atoms with van der Waals surface area (Å²) < 4.78 is 5.05. The Balaban J connectivity index is 1.96. The molecule has 0 unspecified atom stereocenters. The van der Waals surface area contributed by atoms with E-state index >= 15 is 0 Å². The van der Waals surface area contributed by atoms with E-state index in [9.17, 15) is 14.4 Å². The summed E-state index contributed by atoms with van der Waals surface area (Å²) in [6.07, 6.45) is 0.234. The molecule has 0 aromatic heterocycles. The molecule has 0 bridgehead atoms. The highest BCUT2D eigenvalue weighted by atomic mass is 35.5. The van der Waals surface area contributed by atoms with Gasteiger partial charge in [-0.3, -0.25) is 19.3 Å². The summed E-state index contributed by atoms with van der Waals surface area (Å²) in [5.41, 5.74) is 0. The summed E-state index contributed by atoms with van der Waals surface area (Å²) in [4.78, 5) is 35.6.